The molecule has 0 heterocycles. The van der Waals surface area contributed by atoms with E-state index in [2.05, 4.69) is 179 Å². The van der Waals surface area contributed by atoms with E-state index in [-0.39, 0.29) is 37.5 Å². The second-order valence-corrected chi connectivity index (χ2v) is 19.8. The molecule has 0 aromatic rings. The summed E-state index contributed by atoms with van der Waals surface area (Å²) in [5.41, 5.74) is 0. The van der Waals surface area contributed by atoms with E-state index >= 15 is 0 Å². The summed E-state index contributed by atoms with van der Waals surface area (Å²) in [4.78, 5) is 38.3. The summed E-state index contributed by atoms with van der Waals surface area (Å²) in [5, 5.41) is 0. The Morgan fingerprint density at radius 2 is 0.506 bits per heavy atom. The monoisotopic (exact) mass is 1060 g/mol. The first kappa shape index (κ1) is 72.0. The van der Waals surface area contributed by atoms with Crippen molar-refractivity contribution in [2.24, 2.45) is 0 Å². The molecule has 0 amide bonds. The third-order valence-electron chi connectivity index (χ3n) is 12.5. The maximum atomic E-state index is 12.9. The fraction of sp³-hybridized carbons (Fsp3) is 0.592. The number of rotatable bonds is 54. The van der Waals surface area contributed by atoms with E-state index in [0.717, 1.165) is 154 Å². The van der Waals surface area contributed by atoms with Crippen LogP contribution in [0.2, 0.25) is 0 Å². The van der Waals surface area contributed by atoms with E-state index < -0.39 is 6.10 Å². The first-order valence-electron chi connectivity index (χ1n) is 31.0. The van der Waals surface area contributed by atoms with Gasteiger partial charge >= 0.3 is 17.9 Å². The summed E-state index contributed by atoms with van der Waals surface area (Å²) in [6.45, 7) is 6.32. The van der Waals surface area contributed by atoms with Gasteiger partial charge < -0.3 is 14.2 Å². The standard InChI is InChI=1S/C71H112O6/c1-4-7-10-13-16-19-22-25-28-30-32-34-35-37-38-40-43-46-49-52-55-58-61-64-70(73)76-67-68(66-75-69(72)63-60-57-54-51-48-45-42-27-24-21-18-15-12-9-6-3)77-71(74)65-62-59-56-53-50-47-44-41-39-36-33-31-29-26-23-20-17-14-11-8-5-2/h7-8,10-11,16-21,25-29,32-34,36-38,41-42,44,50,53,68H,4-6,9,12-15,22-24,30-31,35,39-40,43,45-49,51-52,54-67H2,1-3H3/b10-7-,11-8-,19-16-,20-17-,21-18-,28-25-,29-26-,34-32-,36-33-,38-37-,42-27-,44-41-,53-50-. The number of carbonyl (C=O) groups excluding carboxylic acids is 3. The van der Waals surface area contributed by atoms with Gasteiger partial charge in [0.15, 0.2) is 6.10 Å². The molecule has 0 aliphatic heterocycles. The Morgan fingerprint density at radius 3 is 0.818 bits per heavy atom. The highest BCUT2D eigenvalue weighted by atomic mass is 16.6. The minimum absolute atomic E-state index is 0.113. The van der Waals surface area contributed by atoms with Gasteiger partial charge in [-0.05, 0) is 148 Å². The Kier molecular flexibility index (Phi) is 59.5. The summed E-state index contributed by atoms with van der Waals surface area (Å²) < 4.78 is 16.9. The van der Waals surface area contributed by atoms with Crippen molar-refractivity contribution in [2.75, 3.05) is 13.2 Å². The molecule has 0 rings (SSSR count). The molecule has 0 saturated heterocycles. The van der Waals surface area contributed by atoms with Crippen molar-refractivity contribution in [1.82, 2.24) is 0 Å². The number of esters is 3. The van der Waals surface area contributed by atoms with E-state index in [9.17, 15) is 14.4 Å². The van der Waals surface area contributed by atoms with Crippen LogP contribution in [0.15, 0.2) is 158 Å². The second-order valence-electron chi connectivity index (χ2n) is 19.8. The zero-order chi connectivity index (χ0) is 55.7. The van der Waals surface area contributed by atoms with Crippen LogP contribution in [0.25, 0.3) is 0 Å². The number of unbranched alkanes of at least 4 members (excludes halogenated alkanes) is 17. The van der Waals surface area contributed by atoms with E-state index in [1.54, 1.807) is 0 Å². The van der Waals surface area contributed by atoms with Crippen molar-refractivity contribution in [3.8, 4) is 0 Å². The third-order valence-corrected chi connectivity index (χ3v) is 12.5. The molecule has 0 bridgehead atoms. The first-order valence-corrected chi connectivity index (χ1v) is 31.0. The Balaban J connectivity index is 4.52. The average Bonchev–Trinajstić information content (AvgIpc) is 3.43. The molecule has 0 aromatic heterocycles. The summed E-state index contributed by atoms with van der Waals surface area (Å²) in [7, 11) is 0. The Morgan fingerprint density at radius 1 is 0.273 bits per heavy atom. The molecule has 0 aliphatic carbocycles. The number of ether oxygens (including phenoxy) is 3. The van der Waals surface area contributed by atoms with Crippen LogP contribution < -0.4 is 0 Å². The van der Waals surface area contributed by atoms with Crippen molar-refractivity contribution in [3.63, 3.8) is 0 Å². The first-order chi connectivity index (χ1) is 38.0. The molecule has 0 fully saturated rings. The Labute approximate surface area is 473 Å². The molecule has 77 heavy (non-hydrogen) atoms. The van der Waals surface area contributed by atoms with Crippen molar-refractivity contribution >= 4 is 17.9 Å². The largest absolute Gasteiger partial charge is 0.462 e. The zero-order valence-electron chi connectivity index (χ0n) is 49.4. The summed E-state index contributed by atoms with van der Waals surface area (Å²) in [6.07, 6.45) is 92.3. The Bertz CT molecular complexity index is 1740. The summed E-state index contributed by atoms with van der Waals surface area (Å²) >= 11 is 0. The lowest BCUT2D eigenvalue weighted by Crippen LogP contribution is -2.30. The number of carbonyl (C=O) groups is 3. The van der Waals surface area contributed by atoms with E-state index in [1.807, 2.05) is 0 Å². The van der Waals surface area contributed by atoms with Crippen LogP contribution in [0.1, 0.15) is 252 Å². The van der Waals surface area contributed by atoms with E-state index in [4.69, 9.17) is 14.2 Å². The smallest absolute Gasteiger partial charge is 0.306 e. The molecule has 0 aliphatic rings. The quantitative estimate of drug-likeness (QED) is 0.0261. The molecular weight excluding hydrogens is 949 g/mol. The van der Waals surface area contributed by atoms with Crippen LogP contribution in [-0.4, -0.2) is 37.2 Å². The molecule has 0 saturated carbocycles. The summed E-state index contributed by atoms with van der Waals surface area (Å²) in [5.74, 6) is -0.985. The lowest BCUT2D eigenvalue weighted by atomic mass is 10.1. The lowest BCUT2D eigenvalue weighted by Gasteiger charge is -2.18. The highest BCUT2D eigenvalue weighted by Gasteiger charge is 2.19. The second kappa shape index (κ2) is 63.6. The van der Waals surface area contributed by atoms with Crippen molar-refractivity contribution in [1.29, 1.82) is 0 Å². The van der Waals surface area contributed by atoms with Gasteiger partial charge in [0.25, 0.3) is 0 Å². The number of hydrogen-bond donors (Lipinski definition) is 0. The van der Waals surface area contributed by atoms with Gasteiger partial charge in [-0.15, -0.1) is 0 Å². The van der Waals surface area contributed by atoms with Crippen molar-refractivity contribution < 1.29 is 28.6 Å². The minimum Gasteiger partial charge on any atom is -0.462 e. The number of hydrogen-bond acceptors (Lipinski definition) is 6. The van der Waals surface area contributed by atoms with Gasteiger partial charge in [0.05, 0.1) is 0 Å². The predicted octanol–water partition coefficient (Wildman–Crippen LogP) is 21.3. The van der Waals surface area contributed by atoms with Gasteiger partial charge in [0.2, 0.25) is 0 Å². The highest BCUT2D eigenvalue weighted by molar-refractivity contribution is 5.71. The average molecular weight is 1060 g/mol. The SMILES string of the molecule is CC/C=C\C/C=C\C/C=C\C/C=C\C/C=C\C/C=C\CCCCC(=O)OC(COC(=O)CCCCCCC/C=C\C/C=C\CCCCC)COC(=O)CCCCCCCCC/C=C\C/C=C\C/C=C\C/C=C\C/C=C\CC. The molecule has 432 valence electrons. The lowest BCUT2D eigenvalue weighted by molar-refractivity contribution is -0.167. The normalized spacial score (nSPS) is 13.2. The molecule has 0 radical (unpaired) electrons. The van der Waals surface area contributed by atoms with Crippen LogP contribution in [0, 0.1) is 0 Å². The Hall–Kier alpha value is -4.97. The van der Waals surface area contributed by atoms with Crippen LogP contribution >= 0.6 is 0 Å². The predicted molar refractivity (Wildman–Crippen MR) is 334 cm³/mol. The minimum atomic E-state index is -0.821. The fourth-order valence-corrected chi connectivity index (χ4v) is 7.91. The van der Waals surface area contributed by atoms with Crippen molar-refractivity contribution in [3.05, 3.63) is 158 Å². The van der Waals surface area contributed by atoms with Gasteiger partial charge in [-0.2, -0.15) is 0 Å². The van der Waals surface area contributed by atoms with Crippen molar-refractivity contribution in [2.45, 2.75) is 258 Å². The molecule has 0 spiro atoms. The van der Waals surface area contributed by atoms with Gasteiger partial charge in [0, 0.05) is 19.3 Å². The summed E-state index contributed by atoms with van der Waals surface area (Å²) in [6, 6.07) is 0. The topological polar surface area (TPSA) is 78.9 Å². The van der Waals surface area contributed by atoms with Crippen LogP contribution in [-0.2, 0) is 28.6 Å². The molecule has 6 nitrogen and oxygen atoms in total. The van der Waals surface area contributed by atoms with Crippen LogP contribution in [0.5, 0.6) is 0 Å². The molecule has 1 unspecified atom stereocenters. The molecule has 0 N–H and O–H groups in total. The molecule has 6 heteroatoms. The van der Waals surface area contributed by atoms with E-state index in [1.165, 1.54) is 51.4 Å². The molecule has 1 atom stereocenters. The number of allylic oxidation sites excluding steroid dienone is 26. The van der Waals surface area contributed by atoms with Gasteiger partial charge in [-0.1, -0.05) is 243 Å². The molecular formula is C71H112O6. The maximum absolute atomic E-state index is 12.9. The third kappa shape index (κ3) is 61.8. The van der Waals surface area contributed by atoms with Crippen LogP contribution in [0.4, 0.5) is 0 Å². The highest BCUT2D eigenvalue weighted by Crippen LogP contribution is 2.13. The van der Waals surface area contributed by atoms with Gasteiger partial charge in [-0.25, -0.2) is 0 Å². The van der Waals surface area contributed by atoms with Gasteiger partial charge in [-0.3, -0.25) is 14.4 Å². The maximum Gasteiger partial charge on any atom is 0.306 e. The molecule has 0 aromatic carbocycles. The zero-order valence-corrected chi connectivity index (χ0v) is 49.4. The fourth-order valence-electron chi connectivity index (χ4n) is 7.91. The van der Waals surface area contributed by atoms with Crippen LogP contribution in [0.3, 0.4) is 0 Å². The van der Waals surface area contributed by atoms with Gasteiger partial charge in [0.1, 0.15) is 13.2 Å². The van der Waals surface area contributed by atoms with E-state index in [0.29, 0.717) is 19.3 Å².